The van der Waals surface area contributed by atoms with Crippen molar-refractivity contribution in [3.05, 3.63) is 102 Å². The van der Waals surface area contributed by atoms with Crippen LogP contribution < -0.4 is 10.1 Å². The van der Waals surface area contributed by atoms with Crippen molar-refractivity contribution >= 4 is 5.91 Å². The van der Waals surface area contributed by atoms with E-state index in [1.807, 2.05) is 78.9 Å². The van der Waals surface area contributed by atoms with Crippen LogP contribution in [0.1, 0.15) is 16.1 Å². The molecule has 1 N–H and O–H groups in total. The molecule has 0 saturated carbocycles. The number of benzene rings is 3. The fourth-order valence-electron chi connectivity index (χ4n) is 3.27. The zero-order valence-corrected chi connectivity index (χ0v) is 16.8. The van der Waals surface area contributed by atoms with Gasteiger partial charge < -0.3 is 10.1 Å². The Balaban J connectivity index is 1.60. The molecule has 0 radical (unpaired) electrons. The maximum Gasteiger partial charge on any atom is 0.270 e. The SMILES string of the molecule is COc1ccc(-n2nc(-c3ccccc3)cc2C(=O)NCCc2ccccc2)cc1. The summed E-state index contributed by atoms with van der Waals surface area (Å²) in [5.74, 6) is 0.597. The van der Waals surface area contributed by atoms with Crippen molar-refractivity contribution in [2.75, 3.05) is 13.7 Å². The first kappa shape index (κ1) is 19.5. The third-order valence-electron chi connectivity index (χ3n) is 4.87. The monoisotopic (exact) mass is 397 g/mol. The average molecular weight is 397 g/mol. The van der Waals surface area contributed by atoms with Crippen LogP contribution in [0, 0.1) is 0 Å². The fraction of sp³-hybridized carbons (Fsp3) is 0.120. The van der Waals surface area contributed by atoms with Gasteiger partial charge in [-0.25, -0.2) is 4.68 Å². The quantitative estimate of drug-likeness (QED) is 0.499. The zero-order chi connectivity index (χ0) is 20.8. The lowest BCUT2D eigenvalue weighted by atomic mass is 10.1. The minimum Gasteiger partial charge on any atom is -0.497 e. The highest BCUT2D eigenvalue weighted by Gasteiger charge is 2.17. The normalized spacial score (nSPS) is 10.6. The van der Waals surface area contributed by atoms with Gasteiger partial charge in [0.2, 0.25) is 0 Å². The van der Waals surface area contributed by atoms with E-state index in [4.69, 9.17) is 9.84 Å². The number of nitrogens with one attached hydrogen (secondary N) is 1. The maximum atomic E-state index is 13.0. The van der Waals surface area contributed by atoms with Crippen molar-refractivity contribution in [2.24, 2.45) is 0 Å². The van der Waals surface area contributed by atoms with Gasteiger partial charge in [-0.05, 0) is 42.3 Å². The summed E-state index contributed by atoms with van der Waals surface area (Å²) in [4.78, 5) is 13.0. The number of carbonyl (C=O) groups is 1. The standard InChI is InChI=1S/C25H23N3O2/c1-30-22-14-12-21(13-15-22)28-24(18-23(27-28)20-10-6-3-7-11-20)25(29)26-17-16-19-8-4-2-5-9-19/h2-15,18H,16-17H2,1H3,(H,26,29). The summed E-state index contributed by atoms with van der Waals surface area (Å²) in [6.07, 6.45) is 0.773. The molecule has 150 valence electrons. The van der Waals surface area contributed by atoms with Crippen molar-refractivity contribution in [3.8, 4) is 22.7 Å². The number of nitrogens with zero attached hydrogens (tertiary/aromatic N) is 2. The van der Waals surface area contributed by atoms with E-state index in [0.717, 1.165) is 29.1 Å². The number of hydrogen-bond acceptors (Lipinski definition) is 3. The molecule has 0 saturated heterocycles. The van der Waals surface area contributed by atoms with Crippen molar-refractivity contribution in [1.82, 2.24) is 15.1 Å². The molecule has 5 nitrogen and oxygen atoms in total. The predicted molar refractivity (Wildman–Crippen MR) is 118 cm³/mol. The van der Waals surface area contributed by atoms with Crippen LogP contribution in [0.3, 0.4) is 0 Å². The minimum atomic E-state index is -0.156. The summed E-state index contributed by atoms with van der Waals surface area (Å²) in [6.45, 7) is 0.553. The minimum absolute atomic E-state index is 0.156. The van der Waals surface area contributed by atoms with Crippen LogP contribution in [-0.4, -0.2) is 29.3 Å². The van der Waals surface area contributed by atoms with Crippen LogP contribution >= 0.6 is 0 Å². The summed E-state index contributed by atoms with van der Waals surface area (Å²) in [5.41, 5.74) is 4.19. The molecular formula is C25H23N3O2. The van der Waals surface area contributed by atoms with Crippen molar-refractivity contribution in [1.29, 1.82) is 0 Å². The van der Waals surface area contributed by atoms with E-state index in [9.17, 15) is 4.79 Å². The molecule has 1 heterocycles. The number of carbonyl (C=O) groups excluding carboxylic acids is 1. The molecule has 0 aliphatic carbocycles. The first-order chi connectivity index (χ1) is 14.7. The fourth-order valence-corrected chi connectivity index (χ4v) is 3.27. The highest BCUT2D eigenvalue weighted by atomic mass is 16.5. The topological polar surface area (TPSA) is 56.2 Å². The number of rotatable bonds is 7. The van der Waals surface area contributed by atoms with E-state index in [1.54, 1.807) is 11.8 Å². The van der Waals surface area contributed by atoms with Crippen LogP contribution in [0.5, 0.6) is 5.75 Å². The molecule has 0 bridgehead atoms. The van der Waals surface area contributed by atoms with Gasteiger partial charge in [-0.1, -0.05) is 60.7 Å². The van der Waals surface area contributed by atoms with Crippen LogP contribution in [0.2, 0.25) is 0 Å². The number of methoxy groups -OCH3 is 1. The molecule has 30 heavy (non-hydrogen) atoms. The highest BCUT2D eigenvalue weighted by molar-refractivity contribution is 5.94. The number of amides is 1. The molecule has 5 heteroatoms. The van der Waals surface area contributed by atoms with Gasteiger partial charge in [0.05, 0.1) is 18.5 Å². The number of aromatic nitrogens is 2. The molecule has 3 aromatic carbocycles. The second kappa shape index (κ2) is 9.09. The Hall–Kier alpha value is -3.86. The van der Waals surface area contributed by atoms with Crippen LogP contribution in [0.25, 0.3) is 16.9 Å². The van der Waals surface area contributed by atoms with Gasteiger partial charge in [-0.3, -0.25) is 4.79 Å². The van der Waals surface area contributed by atoms with Crippen molar-refractivity contribution in [3.63, 3.8) is 0 Å². The van der Waals surface area contributed by atoms with Crippen molar-refractivity contribution < 1.29 is 9.53 Å². The van der Waals surface area contributed by atoms with Crippen molar-refractivity contribution in [2.45, 2.75) is 6.42 Å². The lowest BCUT2D eigenvalue weighted by molar-refractivity contribution is 0.0946. The Bertz CT molecular complexity index is 1100. The van der Waals surface area contributed by atoms with Crippen LogP contribution in [-0.2, 0) is 6.42 Å². The third-order valence-corrected chi connectivity index (χ3v) is 4.87. The lowest BCUT2D eigenvalue weighted by Crippen LogP contribution is -2.27. The smallest absolute Gasteiger partial charge is 0.270 e. The molecule has 0 spiro atoms. The van der Waals surface area contributed by atoms with Gasteiger partial charge in [0.15, 0.2) is 0 Å². The molecular weight excluding hydrogens is 374 g/mol. The van der Waals surface area contributed by atoms with Gasteiger partial charge >= 0.3 is 0 Å². The summed E-state index contributed by atoms with van der Waals surface area (Å²) in [6, 6.07) is 29.3. The van der Waals surface area contributed by atoms with E-state index in [2.05, 4.69) is 17.4 Å². The molecule has 4 rings (SSSR count). The Morgan fingerprint density at radius 2 is 1.60 bits per heavy atom. The molecule has 0 fully saturated rings. The van der Waals surface area contributed by atoms with E-state index in [0.29, 0.717) is 12.2 Å². The molecule has 0 unspecified atom stereocenters. The zero-order valence-electron chi connectivity index (χ0n) is 16.8. The number of hydrogen-bond donors (Lipinski definition) is 1. The van der Waals surface area contributed by atoms with E-state index < -0.39 is 0 Å². The summed E-state index contributed by atoms with van der Waals surface area (Å²) in [7, 11) is 1.63. The van der Waals surface area contributed by atoms with E-state index in [1.165, 1.54) is 5.56 Å². The second-order valence-corrected chi connectivity index (χ2v) is 6.88. The highest BCUT2D eigenvalue weighted by Crippen LogP contribution is 2.23. The summed E-state index contributed by atoms with van der Waals surface area (Å²) < 4.78 is 6.92. The van der Waals surface area contributed by atoms with E-state index in [-0.39, 0.29) is 5.91 Å². The van der Waals surface area contributed by atoms with E-state index >= 15 is 0 Å². The first-order valence-electron chi connectivity index (χ1n) is 9.86. The molecule has 1 aromatic heterocycles. The predicted octanol–water partition coefficient (Wildman–Crippen LogP) is 4.52. The molecule has 1 amide bonds. The Morgan fingerprint density at radius 1 is 0.933 bits per heavy atom. The molecule has 0 atom stereocenters. The van der Waals surface area contributed by atoms with Gasteiger partial charge in [0, 0.05) is 12.1 Å². The summed E-state index contributed by atoms with van der Waals surface area (Å²) >= 11 is 0. The second-order valence-electron chi connectivity index (χ2n) is 6.88. The lowest BCUT2D eigenvalue weighted by Gasteiger charge is -2.09. The number of ether oxygens (including phenoxy) is 1. The Morgan fingerprint density at radius 3 is 2.27 bits per heavy atom. The molecule has 4 aromatic rings. The Labute approximate surface area is 175 Å². The van der Waals surface area contributed by atoms with Gasteiger partial charge in [-0.15, -0.1) is 0 Å². The maximum absolute atomic E-state index is 13.0. The molecule has 0 aliphatic heterocycles. The summed E-state index contributed by atoms with van der Waals surface area (Å²) in [5, 5.41) is 7.73. The van der Waals surface area contributed by atoms with Gasteiger partial charge in [0.25, 0.3) is 5.91 Å². The van der Waals surface area contributed by atoms with Crippen LogP contribution in [0.15, 0.2) is 91.0 Å². The Kier molecular flexibility index (Phi) is 5.90. The average Bonchev–Trinajstić information content (AvgIpc) is 3.26. The third kappa shape index (κ3) is 4.41. The van der Waals surface area contributed by atoms with Gasteiger partial charge in [0.1, 0.15) is 11.4 Å². The first-order valence-corrected chi connectivity index (χ1v) is 9.86. The van der Waals surface area contributed by atoms with Gasteiger partial charge in [-0.2, -0.15) is 5.10 Å². The molecule has 0 aliphatic rings. The largest absolute Gasteiger partial charge is 0.497 e. The van der Waals surface area contributed by atoms with Crippen LogP contribution in [0.4, 0.5) is 0 Å².